The summed E-state index contributed by atoms with van der Waals surface area (Å²) in [6.45, 7) is 7.77. The summed E-state index contributed by atoms with van der Waals surface area (Å²) in [5.74, 6) is -0.00354. The van der Waals surface area contributed by atoms with Crippen LogP contribution in [-0.2, 0) is 7.05 Å². The molecule has 0 aliphatic carbocycles. The molecule has 0 unspecified atom stereocenters. The van der Waals surface area contributed by atoms with Gasteiger partial charge in [0.05, 0.1) is 11.4 Å². The van der Waals surface area contributed by atoms with Gasteiger partial charge in [0.1, 0.15) is 5.69 Å². The van der Waals surface area contributed by atoms with Crippen molar-refractivity contribution in [2.45, 2.75) is 27.2 Å². The van der Waals surface area contributed by atoms with Gasteiger partial charge in [-0.3, -0.25) is 9.48 Å². The molecule has 17 heavy (non-hydrogen) atoms. The minimum Gasteiger partial charge on any atom is -0.395 e. The maximum absolute atomic E-state index is 12.4. The van der Waals surface area contributed by atoms with Gasteiger partial charge in [-0.2, -0.15) is 5.10 Å². The number of aromatic nitrogens is 2. The van der Waals surface area contributed by atoms with Gasteiger partial charge in [-0.15, -0.1) is 0 Å². The molecule has 2 heterocycles. The zero-order chi connectivity index (χ0) is 12.8. The fraction of sp³-hybridized carbons (Fsp3) is 0.667. The first kappa shape index (κ1) is 12.0. The van der Waals surface area contributed by atoms with E-state index in [0.29, 0.717) is 17.1 Å². The maximum Gasteiger partial charge on any atom is 0.274 e. The smallest absolute Gasteiger partial charge is 0.274 e. The quantitative estimate of drug-likeness (QED) is 0.796. The van der Waals surface area contributed by atoms with Gasteiger partial charge in [0.25, 0.3) is 5.91 Å². The van der Waals surface area contributed by atoms with E-state index in [9.17, 15) is 4.79 Å². The van der Waals surface area contributed by atoms with Crippen LogP contribution in [0.25, 0.3) is 0 Å². The van der Waals surface area contributed by atoms with Crippen molar-refractivity contribution in [2.75, 3.05) is 18.8 Å². The standard InChI is InChI=1S/C12H20N4O/c1-8-9(13)10(15(4)14-8)11(17)16-6-5-12(2,3)7-16/h5-7,13H2,1-4H3. The van der Waals surface area contributed by atoms with E-state index in [4.69, 9.17) is 5.73 Å². The van der Waals surface area contributed by atoms with Gasteiger partial charge in [0.15, 0.2) is 0 Å². The third kappa shape index (κ3) is 2.01. The Balaban J connectivity index is 2.27. The summed E-state index contributed by atoms with van der Waals surface area (Å²) >= 11 is 0. The number of nitrogens with zero attached hydrogens (tertiary/aromatic N) is 3. The van der Waals surface area contributed by atoms with Crippen LogP contribution in [0.2, 0.25) is 0 Å². The fourth-order valence-corrected chi connectivity index (χ4v) is 2.36. The van der Waals surface area contributed by atoms with Crippen LogP contribution in [0.4, 0.5) is 5.69 Å². The molecule has 1 saturated heterocycles. The predicted molar refractivity (Wildman–Crippen MR) is 66.7 cm³/mol. The number of hydrogen-bond donors (Lipinski definition) is 1. The summed E-state index contributed by atoms with van der Waals surface area (Å²) in [7, 11) is 1.76. The Morgan fingerprint density at radius 2 is 2.12 bits per heavy atom. The van der Waals surface area contributed by atoms with Crippen LogP contribution in [0.1, 0.15) is 36.5 Å². The highest BCUT2D eigenvalue weighted by Crippen LogP contribution is 2.30. The molecule has 0 radical (unpaired) electrons. The van der Waals surface area contributed by atoms with Crippen LogP contribution in [0.15, 0.2) is 0 Å². The number of rotatable bonds is 1. The molecule has 2 rings (SSSR count). The lowest BCUT2D eigenvalue weighted by molar-refractivity contribution is 0.0768. The van der Waals surface area contributed by atoms with Crippen LogP contribution in [0, 0.1) is 12.3 Å². The molecule has 2 N–H and O–H groups in total. The second-order valence-electron chi connectivity index (χ2n) is 5.61. The average molecular weight is 236 g/mol. The van der Waals surface area contributed by atoms with Crippen LogP contribution in [0.5, 0.6) is 0 Å². The number of nitrogen functional groups attached to an aromatic ring is 1. The van der Waals surface area contributed by atoms with Gasteiger partial charge in [-0.1, -0.05) is 13.8 Å². The molecule has 0 spiro atoms. The van der Waals surface area contributed by atoms with Crippen molar-refractivity contribution < 1.29 is 4.79 Å². The third-order valence-electron chi connectivity index (χ3n) is 3.44. The van der Waals surface area contributed by atoms with E-state index in [-0.39, 0.29) is 11.3 Å². The second-order valence-corrected chi connectivity index (χ2v) is 5.61. The van der Waals surface area contributed by atoms with Crippen molar-refractivity contribution in [3.63, 3.8) is 0 Å². The van der Waals surface area contributed by atoms with Gasteiger partial charge < -0.3 is 10.6 Å². The third-order valence-corrected chi connectivity index (χ3v) is 3.44. The Morgan fingerprint density at radius 1 is 1.47 bits per heavy atom. The van der Waals surface area contributed by atoms with Crippen molar-refractivity contribution in [1.29, 1.82) is 0 Å². The van der Waals surface area contributed by atoms with Gasteiger partial charge in [0.2, 0.25) is 0 Å². The van der Waals surface area contributed by atoms with E-state index in [1.807, 2.05) is 11.8 Å². The van der Waals surface area contributed by atoms with Gasteiger partial charge in [-0.25, -0.2) is 0 Å². The summed E-state index contributed by atoms with van der Waals surface area (Å²) in [6, 6.07) is 0. The number of likely N-dealkylation sites (tertiary alicyclic amines) is 1. The molecule has 0 atom stereocenters. The first-order valence-electron chi connectivity index (χ1n) is 5.90. The van der Waals surface area contributed by atoms with Crippen molar-refractivity contribution in [3.8, 4) is 0 Å². The molecule has 0 bridgehead atoms. The van der Waals surface area contributed by atoms with E-state index in [1.54, 1.807) is 11.7 Å². The number of amides is 1. The topological polar surface area (TPSA) is 64.2 Å². The van der Waals surface area contributed by atoms with Crippen molar-refractivity contribution in [2.24, 2.45) is 12.5 Å². The maximum atomic E-state index is 12.4. The predicted octanol–water partition coefficient (Wildman–Crippen LogP) is 1.18. The van der Waals surface area contributed by atoms with Crippen LogP contribution >= 0.6 is 0 Å². The van der Waals surface area contributed by atoms with E-state index >= 15 is 0 Å². The second kappa shape index (κ2) is 3.75. The van der Waals surface area contributed by atoms with E-state index < -0.39 is 0 Å². The number of hydrogen-bond acceptors (Lipinski definition) is 3. The molecule has 1 aliphatic heterocycles. The first-order valence-corrected chi connectivity index (χ1v) is 5.90. The number of nitrogens with two attached hydrogens (primary N) is 1. The highest BCUT2D eigenvalue weighted by molar-refractivity contribution is 5.98. The minimum absolute atomic E-state index is 0.00354. The van der Waals surface area contributed by atoms with Gasteiger partial charge in [-0.05, 0) is 18.8 Å². The van der Waals surface area contributed by atoms with Crippen molar-refractivity contribution in [1.82, 2.24) is 14.7 Å². The number of anilines is 1. The van der Waals surface area contributed by atoms with Crippen LogP contribution in [-0.4, -0.2) is 33.7 Å². The summed E-state index contributed by atoms with van der Waals surface area (Å²) in [6.07, 6.45) is 1.04. The molecular weight excluding hydrogens is 216 g/mol. The minimum atomic E-state index is -0.00354. The summed E-state index contributed by atoms with van der Waals surface area (Å²) < 4.78 is 1.58. The van der Waals surface area contributed by atoms with Crippen molar-refractivity contribution in [3.05, 3.63) is 11.4 Å². The van der Waals surface area contributed by atoms with Crippen LogP contribution < -0.4 is 5.73 Å². The Hall–Kier alpha value is -1.52. The highest BCUT2D eigenvalue weighted by atomic mass is 16.2. The highest BCUT2D eigenvalue weighted by Gasteiger charge is 2.34. The monoisotopic (exact) mass is 236 g/mol. The molecule has 1 amide bonds. The Labute approximate surface area is 102 Å². The Bertz CT molecular complexity index is 461. The summed E-state index contributed by atoms with van der Waals surface area (Å²) in [5, 5.41) is 4.18. The summed E-state index contributed by atoms with van der Waals surface area (Å²) in [4.78, 5) is 14.2. The normalized spacial score (nSPS) is 18.7. The molecular formula is C12H20N4O. The van der Waals surface area contributed by atoms with Crippen molar-refractivity contribution >= 4 is 11.6 Å². The average Bonchev–Trinajstić information content (AvgIpc) is 2.68. The molecule has 5 heteroatoms. The lowest BCUT2D eigenvalue weighted by Gasteiger charge is -2.20. The summed E-state index contributed by atoms with van der Waals surface area (Å²) in [5.41, 5.74) is 7.85. The zero-order valence-corrected chi connectivity index (χ0v) is 10.9. The molecule has 1 aliphatic rings. The van der Waals surface area contributed by atoms with E-state index in [2.05, 4.69) is 18.9 Å². The lowest BCUT2D eigenvalue weighted by atomic mass is 9.93. The Morgan fingerprint density at radius 3 is 2.53 bits per heavy atom. The first-order chi connectivity index (χ1) is 7.82. The van der Waals surface area contributed by atoms with Gasteiger partial charge >= 0.3 is 0 Å². The number of carbonyl (C=O) groups is 1. The molecule has 94 valence electrons. The molecule has 5 nitrogen and oxygen atoms in total. The number of carbonyl (C=O) groups excluding carboxylic acids is 1. The fourth-order valence-electron chi connectivity index (χ4n) is 2.36. The molecule has 0 aromatic carbocycles. The molecule has 1 aromatic heterocycles. The van der Waals surface area contributed by atoms with E-state index in [1.165, 1.54) is 0 Å². The molecule has 0 saturated carbocycles. The molecule has 1 aromatic rings. The Kier molecular flexibility index (Phi) is 2.64. The SMILES string of the molecule is Cc1nn(C)c(C(=O)N2CCC(C)(C)C2)c1N. The largest absolute Gasteiger partial charge is 0.395 e. The van der Waals surface area contributed by atoms with Crippen LogP contribution in [0.3, 0.4) is 0 Å². The van der Waals surface area contributed by atoms with E-state index in [0.717, 1.165) is 19.5 Å². The number of aryl methyl sites for hydroxylation is 2. The van der Waals surface area contributed by atoms with Gasteiger partial charge in [0, 0.05) is 20.1 Å². The lowest BCUT2D eigenvalue weighted by Crippen LogP contribution is -2.32. The molecule has 1 fully saturated rings. The zero-order valence-electron chi connectivity index (χ0n) is 10.9.